The Kier molecular flexibility index (Phi) is 6.08. The Morgan fingerprint density at radius 3 is 2.57 bits per heavy atom. The number of rotatable bonds is 8. The zero-order valence-corrected chi connectivity index (χ0v) is 14.2. The fraction of sp³-hybridized carbons (Fsp3) is 0.944. The second-order valence-electron chi connectivity index (χ2n) is 7.45. The van der Waals surface area contributed by atoms with Gasteiger partial charge in [0.1, 0.15) is 5.54 Å². The lowest BCUT2D eigenvalue weighted by molar-refractivity contribution is 0.165. The van der Waals surface area contributed by atoms with Crippen molar-refractivity contribution in [2.75, 3.05) is 19.6 Å². The van der Waals surface area contributed by atoms with Crippen molar-refractivity contribution in [2.24, 2.45) is 11.8 Å². The average molecular weight is 291 g/mol. The molecule has 0 aliphatic heterocycles. The van der Waals surface area contributed by atoms with Gasteiger partial charge in [0.05, 0.1) is 6.07 Å². The van der Waals surface area contributed by atoms with Crippen LogP contribution in [-0.4, -0.2) is 36.1 Å². The Morgan fingerprint density at radius 2 is 2.05 bits per heavy atom. The van der Waals surface area contributed by atoms with Crippen LogP contribution < -0.4 is 5.32 Å². The molecule has 0 bridgehead atoms. The smallest absolute Gasteiger partial charge is 0.109 e. The lowest BCUT2D eigenvalue weighted by Crippen LogP contribution is -2.51. The molecule has 2 aliphatic carbocycles. The number of hydrogen-bond donors (Lipinski definition) is 1. The molecule has 2 saturated carbocycles. The number of nitrogens with zero attached hydrogens (tertiary/aromatic N) is 2. The maximum atomic E-state index is 9.72. The maximum absolute atomic E-state index is 9.72. The molecule has 2 fully saturated rings. The average Bonchev–Trinajstić information content (AvgIpc) is 2.79. The van der Waals surface area contributed by atoms with E-state index in [4.69, 9.17) is 0 Å². The van der Waals surface area contributed by atoms with Gasteiger partial charge in [0, 0.05) is 12.6 Å². The van der Waals surface area contributed by atoms with Crippen LogP contribution in [0, 0.1) is 23.2 Å². The van der Waals surface area contributed by atoms with Gasteiger partial charge >= 0.3 is 0 Å². The van der Waals surface area contributed by atoms with E-state index < -0.39 is 0 Å². The highest BCUT2D eigenvalue weighted by atomic mass is 15.1. The summed E-state index contributed by atoms with van der Waals surface area (Å²) in [5.74, 6) is 1.48. The number of hydrogen-bond acceptors (Lipinski definition) is 3. The molecule has 2 atom stereocenters. The second kappa shape index (κ2) is 7.61. The first-order chi connectivity index (χ1) is 10.1. The van der Waals surface area contributed by atoms with Gasteiger partial charge in [-0.05, 0) is 70.9 Å². The highest BCUT2D eigenvalue weighted by Crippen LogP contribution is 2.38. The van der Waals surface area contributed by atoms with Gasteiger partial charge in [-0.2, -0.15) is 5.26 Å². The van der Waals surface area contributed by atoms with Gasteiger partial charge in [0.2, 0.25) is 0 Å². The topological polar surface area (TPSA) is 39.1 Å². The minimum absolute atomic E-state index is 0.260. The molecule has 2 aliphatic rings. The van der Waals surface area contributed by atoms with Gasteiger partial charge in [-0.1, -0.05) is 19.8 Å². The standard InChI is InChI=1S/C18H33N3/c1-4-21(13-16-7-5-8-16)12-10-17-9-6-11-18(17,14-19)20-15(2)3/h15-17,20H,4-13H2,1-3H3. The summed E-state index contributed by atoms with van der Waals surface area (Å²) in [7, 11) is 0. The van der Waals surface area contributed by atoms with Crippen molar-refractivity contribution >= 4 is 0 Å². The van der Waals surface area contributed by atoms with E-state index in [1.165, 1.54) is 51.6 Å². The number of nitrogens with one attached hydrogen (secondary N) is 1. The van der Waals surface area contributed by atoms with E-state index in [1.54, 1.807) is 0 Å². The molecule has 0 aromatic heterocycles. The van der Waals surface area contributed by atoms with E-state index in [9.17, 15) is 5.26 Å². The van der Waals surface area contributed by atoms with E-state index in [2.05, 4.69) is 37.1 Å². The Morgan fingerprint density at radius 1 is 1.29 bits per heavy atom. The molecule has 0 aromatic rings. The van der Waals surface area contributed by atoms with Crippen molar-refractivity contribution < 1.29 is 0 Å². The Hall–Kier alpha value is -0.590. The number of nitriles is 1. The minimum atomic E-state index is -0.260. The van der Waals surface area contributed by atoms with Crippen LogP contribution in [0.4, 0.5) is 0 Å². The molecule has 0 radical (unpaired) electrons. The SMILES string of the molecule is CCN(CCC1CCCC1(C#N)NC(C)C)CC1CCC1. The van der Waals surface area contributed by atoms with Gasteiger partial charge in [0.25, 0.3) is 0 Å². The molecule has 0 heterocycles. The molecule has 0 amide bonds. The van der Waals surface area contributed by atoms with Crippen molar-refractivity contribution in [3.63, 3.8) is 0 Å². The van der Waals surface area contributed by atoms with Gasteiger partial charge in [-0.3, -0.25) is 5.32 Å². The molecule has 3 heteroatoms. The fourth-order valence-corrected chi connectivity index (χ4v) is 4.11. The van der Waals surface area contributed by atoms with Crippen molar-refractivity contribution in [1.29, 1.82) is 5.26 Å². The van der Waals surface area contributed by atoms with Crippen molar-refractivity contribution in [1.82, 2.24) is 10.2 Å². The molecule has 0 saturated heterocycles. The summed E-state index contributed by atoms with van der Waals surface area (Å²) in [6.07, 6.45) is 8.91. The predicted octanol–water partition coefficient (Wildman–Crippen LogP) is 3.56. The van der Waals surface area contributed by atoms with Crippen LogP contribution >= 0.6 is 0 Å². The molecule has 2 rings (SSSR count). The summed E-state index contributed by atoms with van der Waals surface area (Å²) in [4.78, 5) is 2.61. The molecular formula is C18H33N3. The van der Waals surface area contributed by atoms with Crippen molar-refractivity contribution in [3.8, 4) is 6.07 Å². The summed E-state index contributed by atoms with van der Waals surface area (Å²) in [5, 5.41) is 13.3. The molecule has 0 spiro atoms. The van der Waals surface area contributed by atoms with Crippen LogP contribution in [0.2, 0.25) is 0 Å². The summed E-state index contributed by atoms with van der Waals surface area (Å²) < 4.78 is 0. The van der Waals surface area contributed by atoms with Crippen LogP contribution in [-0.2, 0) is 0 Å². The second-order valence-corrected chi connectivity index (χ2v) is 7.45. The van der Waals surface area contributed by atoms with Crippen LogP contribution in [0.5, 0.6) is 0 Å². The highest BCUT2D eigenvalue weighted by Gasteiger charge is 2.43. The third-order valence-corrected chi connectivity index (χ3v) is 5.55. The highest BCUT2D eigenvalue weighted by molar-refractivity contribution is 5.14. The molecule has 1 N–H and O–H groups in total. The fourth-order valence-electron chi connectivity index (χ4n) is 4.11. The Bertz CT molecular complexity index is 356. The first-order valence-corrected chi connectivity index (χ1v) is 9.01. The molecule has 0 aromatic carbocycles. The van der Waals surface area contributed by atoms with Crippen LogP contribution in [0.25, 0.3) is 0 Å². The Balaban J connectivity index is 1.86. The third-order valence-electron chi connectivity index (χ3n) is 5.55. The zero-order chi connectivity index (χ0) is 15.3. The van der Waals surface area contributed by atoms with E-state index in [-0.39, 0.29) is 5.54 Å². The summed E-state index contributed by atoms with van der Waals surface area (Å²) >= 11 is 0. The lowest BCUT2D eigenvalue weighted by atomic mass is 9.83. The van der Waals surface area contributed by atoms with Crippen LogP contribution in [0.1, 0.15) is 65.7 Å². The lowest BCUT2D eigenvalue weighted by Gasteiger charge is -2.35. The normalized spacial score (nSPS) is 29.8. The predicted molar refractivity (Wildman–Crippen MR) is 88.0 cm³/mol. The third kappa shape index (κ3) is 4.20. The molecule has 2 unspecified atom stereocenters. The maximum Gasteiger partial charge on any atom is 0.109 e. The van der Waals surface area contributed by atoms with Gasteiger partial charge < -0.3 is 4.90 Å². The van der Waals surface area contributed by atoms with E-state index in [0.29, 0.717) is 12.0 Å². The van der Waals surface area contributed by atoms with Crippen LogP contribution in [0.3, 0.4) is 0 Å². The van der Waals surface area contributed by atoms with E-state index in [1.807, 2.05) is 0 Å². The van der Waals surface area contributed by atoms with E-state index in [0.717, 1.165) is 18.9 Å². The first kappa shape index (κ1) is 16.8. The molecule has 3 nitrogen and oxygen atoms in total. The van der Waals surface area contributed by atoms with E-state index >= 15 is 0 Å². The largest absolute Gasteiger partial charge is 0.303 e. The zero-order valence-electron chi connectivity index (χ0n) is 14.2. The van der Waals surface area contributed by atoms with Gasteiger partial charge in [-0.15, -0.1) is 0 Å². The van der Waals surface area contributed by atoms with Gasteiger partial charge in [-0.25, -0.2) is 0 Å². The molecular weight excluding hydrogens is 258 g/mol. The van der Waals surface area contributed by atoms with Gasteiger partial charge in [0.15, 0.2) is 0 Å². The Labute approximate surface area is 131 Å². The quantitative estimate of drug-likeness (QED) is 0.743. The minimum Gasteiger partial charge on any atom is -0.303 e. The van der Waals surface area contributed by atoms with Crippen molar-refractivity contribution in [3.05, 3.63) is 0 Å². The summed E-state index contributed by atoms with van der Waals surface area (Å²) in [5.41, 5.74) is -0.260. The molecule has 120 valence electrons. The summed E-state index contributed by atoms with van der Waals surface area (Å²) in [6, 6.07) is 3.03. The van der Waals surface area contributed by atoms with Crippen molar-refractivity contribution in [2.45, 2.75) is 77.3 Å². The molecule has 21 heavy (non-hydrogen) atoms. The summed E-state index contributed by atoms with van der Waals surface area (Å²) in [6.45, 7) is 10.2. The first-order valence-electron chi connectivity index (χ1n) is 9.01. The van der Waals surface area contributed by atoms with Crippen LogP contribution in [0.15, 0.2) is 0 Å². The monoisotopic (exact) mass is 291 g/mol.